The minimum Gasteiger partial charge on any atom is -0.369 e. The van der Waals surface area contributed by atoms with Crippen molar-refractivity contribution in [3.8, 4) is 11.4 Å². The first kappa shape index (κ1) is 25.4. The van der Waals surface area contributed by atoms with Gasteiger partial charge in [0.05, 0.1) is 10.1 Å². The molecular weight excluding hydrogens is 504 g/mol. The Kier molecular flexibility index (Phi) is 6.82. The number of nitrogens with one attached hydrogen (secondary N) is 2. The van der Waals surface area contributed by atoms with Crippen LogP contribution in [0.3, 0.4) is 0 Å². The Labute approximate surface area is 222 Å². The van der Waals surface area contributed by atoms with Gasteiger partial charge < -0.3 is 15.1 Å². The molecule has 1 fully saturated rings. The summed E-state index contributed by atoms with van der Waals surface area (Å²) in [5, 5.41) is 6.35. The second kappa shape index (κ2) is 9.92. The van der Waals surface area contributed by atoms with E-state index in [-0.39, 0.29) is 0 Å². The van der Waals surface area contributed by atoms with Gasteiger partial charge in [-0.15, -0.1) is 11.3 Å². The molecule has 0 atom stereocenters. The third-order valence-electron chi connectivity index (χ3n) is 6.53. The smallest absolute Gasteiger partial charge is 0.237 e. The molecule has 2 aromatic carbocycles. The van der Waals surface area contributed by atoms with Crippen LogP contribution in [-0.4, -0.2) is 61.3 Å². The van der Waals surface area contributed by atoms with Crippen molar-refractivity contribution in [3.05, 3.63) is 60.0 Å². The lowest BCUT2D eigenvalue weighted by Crippen LogP contribution is -2.44. The first-order valence-electron chi connectivity index (χ1n) is 12.3. The van der Waals surface area contributed by atoms with Crippen LogP contribution in [0.2, 0.25) is 0 Å². The maximum Gasteiger partial charge on any atom is 0.237 e. The third-order valence-corrected chi connectivity index (χ3v) is 9.45. The van der Waals surface area contributed by atoms with Crippen LogP contribution >= 0.6 is 11.3 Å². The number of thiophene rings is 1. The van der Waals surface area contributed by atoms with Gasteiger partial charge in [0.25, 0.3) is 0 Å². The van der Waals surface area contributed by atoms with Gasteiger partial charge in [-0.05, 0) is 87.8 Å². The van der Waals surface area contributed by atoms with Crippen molar-refractivity contribution >= 4 is 54.5 Å². The molecule has 0 radical (unpaired) electrons. The van der Waals surface area contributed by atoms with E-state index in [9.17, 15) is 8.42 Å². The van der Waals surface area contributed by atoms with Crippen molar-refractivity contribution in [1.82, 2.24) is 14.9 Å². The normalized spacial score (nSPS) is 15.2. The Morgan fingerprint density at radius 3 is 2.16 bits per heavy atom. The molecule has 2 aromatic heterocycles. The molecule has 10 heteroatoms. The SMILES string of the molecule is CN1CCN(c2ccc(-c3nc(Nc4ccc(NS(=O)(=O)C(C)(C)C)cc4)c4ccsc4n3)cc2)CC1. The van der Waals surface area contributed by atoms with E-state index >= 15 is 0 Å². The number of aromatic nitrogens is 2. The molecule has 5 rings (SSSR count). The van der Waals surface area contributed by atoms with Crippen molar-refractivity contribution in [1.29, 1.82) is 0 Å². The molecule has 0 spiro atoms. The fourth-order valence-electron chi connectivity index (χ4n) is 4.03. The maximum atomic E-state index is 12.5. The van der Waals surface area contributed by atoms with Crippen LogP contribution < -0.4 is 14.9 Å². The van der Waals surface area contributed by atoms with Crippen molar-refractivity contribution in [3.63, 3.8) is 0 Å². The van der Waals surface area contributed by atoms with Gasteiger partial charge in [-0.3, -0.25) is 4.72 Å². The van der Waals surface area contributed by atoms with E-state index in [2.05, 4.69) is 51.2 Å². The van der Waals surface area contributed by atoms with Gasteiger partial charge in [-0.25, -0.2) is 18.4 Å². The summed E-state index contributed by atoms with van der Waals surface area (Å²) >= 11 is 1.58. The summed E-state index contributed by atoms with van der Waals surface area (Å²) in [5.41, 5.74) is 3.50. The lowest BCUT2D eigenvalue weighted by molar-refractivity contribution is 0.313. The largest absolute Gasteiger partial charge is 0.369 e. The molecule has 3 heterocycles. The average Bonchev–Trinajstić information content (AvgIpc) is 3.34. The molecule has 0 unspecified atom stereocenters. The molecule has 2 N–H and O–H groups in total. The van der Waals surface area contributed by atoms with E-state index in [0.29, 0.717) is 17.3 Å². The molecular formula is C27H32N6O2S2. The minimum absolute atomic E-state index is 0.518. The lowest BCUT2D eigenvalue weighted by atomic mass is 10.1. The van der Waals surface area contributed by atoms with Crippen LogP contribution in [0.4, 0.5) is 22.9 Å². The Bertz CT molecular complexity index is 1480. The van der Waals surface area contributed by atoms with E-state index in [1.165, 1.54) is 5.69 Å². The molecule has 4 aromatic rings. The fourth-order valence-corrected chi connectivity index (χ4v) is 5.55. The maximum absolute atomic E-state index is 12.5. The first-order valence-corrected chi connectivity index (χ1v) is 14.6. The van der Waals surface area contributed by atoms with Crippen molar-refractivity contribution in [2.45, 2.75) is 25.5 Å². The van der Waals surface area contributed by atoms with E-state index in [0.717, 1.165) is 47.6 Å². The quantitative estimate of drug-likeness (QED) is 0.341. The average molecular weight is 537 g/mol. The third kappa shape index (κ3) is 5.56. The summed E-state index contributed by atoms with van der Waals surface area (Å²) in [4.78, 5) is 15.3. The number of sulfonamides is 1. The number of hydrogen-bond acceptors (Lipinski definition) is 8. The number of fused-ring (bicyclic) bond motifs is 1. The number of benzene rings is 2. The van der Waals surface area contributed by atoms with Crippen LogP contribution in [0.15, 0.2) is 60.0 Å². The van der Waals surface area contributed by atoms with Gasteiger partial charge in [-0.2, -0.15) is 0 Å². The summed E-state index contributed by atoms with van der Waals surface area (Å²) in [7, 11) is -1.33. The van der Waals surface area contributed by atoms with Gasteiger partial charge in [0, 0.05) is 48.8 Å². The second-order valence-electron chi connectivity index (χ2n) is 10.3. The highest BCUT2D eigenvalue weighted by Gasteiger charge is 2.28. The molecule has 8 nitrogen and oxygen atoms in total. The van der Waals surface area contributed by atoms with Gasteiger partial charge >= 0.3 is 0 Å². The van der Waals surface area contributed by atoms with Gasteiger partial charge in [-0.1, -0.05) is 0 Å². The predicted molar refractivity (Wildman–Crippen MR) is 155 cm³/mol. The first-order chi connectivity index (χ1) is 17.6. The van der Waals surface area contributed by atoms with E-state index < -0.39 is 14.8 Å². The Balaban J connectivity index is 1.37. The minimum atomic E-state index is -3.49. The molecule has 194 valence electrons. The molecule has 1 saturated heterocycles. The highest BCUT2D eigenvalue weighted by atomic mass is 32.2. The van der Waals surface area contributed by atoms with Crippen molar-refractivity contribution in [2.24, 2.45) is 0 Å². The van der Waals surface area contributed by atoms with Crippen LogP contribution in [0, 0.1) is 0 Å². The summed E-state index contributed by atoms with van der Waals surface area (Å²) in [6, 6.07) is 17.6. The highest BCUT2D eigenvalue weighted by Crippen LogP contribution is 2.31. The monoisotopic (exact) mass is 536 g/mol. The number of likely N-dealkylation sites (N-methyl/N-ethyl adjacent to an activating group) is 1. The van der Waals surface area contributed by atoms with Crippen LogP contribution in [0.25, 0.3) is 21.6 Å². The molecule has 1 aliphatic rings. The molecule has 1 aliphatic heterocycles. The standard InChI is InChI=1S/C27H32N6O2S2/c1-27(2,3)37(34,35)31-21-9-7-20(8-10-21)28-25-23-13-18-36-26(23)30-24(29-25)19-5-11-22(12-6-19)33-16-14-32(4)15-17-33/h5-13,18,31H,14-17H2,1-4H3,(H,28,29,30). The number of piperazine rings is 1. The number of hydrogen-bond donors (Lipinski definition) is 2. The van der Waals surface area contributed by atoms with Gasteiger partial charge in [0.15, 0.2) is 5.82 Å². The van der Waals surface area contributed by atoms with Gasteiger partial charge in [0.1, 0.15) is 10.6 Å². The lowest BCUT2D eigenvalue weighted by Gasteiger charge is -2.34. The van der Waals surface area contributed by atoms with Crippen molar-refractivity contribution < 1.29 is 8.42 Å². The Hall–Kier alpha value is -3.21. The van der Waals surface area contributed by atoms with Crippen molar-refractivity contribution in [2.75, 3.05) is 48.2 Å². The number of nitrogens with zero attached hydrogens (tertiary/aromatic N) is 4. The van der Waals surface area contributed by atoms with E-state index in [1.807, 2.05) is 23.6 Å². The Morgan fingerprint density at radius 1 is 0.865 bits per heavy atom. The summed E-state index contributed by atoms with van der Waals surface area (Å²) in [6.45, 7) is 9.20. The molecule has 0 amide bonds. The molecule has 0 aliphatic carbocycles. The Morgan fingerprint density at radius 2 is 1.51 bits per heavy atom. The summed E-state index contributed by atoms with van der Waals surface area (Å²) in [5.74, 6) is 1.38. The highest BCUT2D eigenvalue weighted by molar-refractivity contribution is 7.94. The predicted octanol–water partition coefficient (Wildman–Crippen LogP) is 5.39. The van der Waals surface area contributed by atoms with Crippen LogP contribution in [-0.2, 0) is 10.0 Å². The second-order valence-corrected chi connectivity index (χ2v) is 13.6. The zero-order valence-corrected chi connectivity index (χ0v) is 23.2. The topological polar surface area (TPSA) is 90.5 Å². The summed E-state index contributed by atoms with van der Waals surface area (Å²) < 4.78 is 26.7. The summed E-state index contributed by atoms with van der Waals surface area (Å²) in [6.07, 6.45) is 0. The zero-order chi connectivity index (χ0) is 26.2. The number of rotatable bonds is 6. The zero-order valence-electron chi connectivity index (χ0n) is 21.5. The fraction of sp³-hybridized carbons (Fsp3) is 0.333. The van der Waals surface area contributed by atoms with Crippen LogP contribution in [0.5, 0.6) is 0 Å². The molecule has 37 heavy (non-hydrogen) atoms. The van der Waals surface area contributed by atoms with Gasteiger partial charge in [0.2, 0.25) is 10.0 Å². The number of anilines is 4. The van der Waals surface area contributed by atoms with Crippen LogP contribution in [0.1, 0.15) is 20.8 Å². The van der Waals surface area contributed by atoms with E-state index in [4.69, 9.17) is 9.97 Å². The van der Waals surface area contributed by atoms with E-state index in [1.54, 1.807) is 44.2 Å². The molecule has 0 saturated carbocycles. The molecule has 0 bridgehead atoms.